The first-order valence-electron chi connectivity index (χ1n) is 6.30. The molecule has 0 aliphatic carbocycles. The molecule has 1 heterocycles. The van der Waals surface area contributed by atoms with Gasteiger partial charge in [0.1, 0.15) is 0 Å². The number of hydrogen-bond acceptors (Lipinski definition) is 4. The Labute approximate surface area is 104 Å². The van der Waals surface area contributed by atoms with E-state index in [2.05, 4.69) is 4.90 Å². The Hall–Kier alpha value is -0.870. The Bertz CT molecular complexity index is 251. The van der Waals surface area contributed by atoms with E-state index in [0.717, 1.165) is 26.2 Å². The quantitative estimate of drug-likeness (QED) is 0.521. The molecule has 1 aliphatic rings. The third-order valence-corrected chi connectivity index (χ3v) is 2.91. The highest BCUT2D eigenvalue weighted by molar-refractivity contribution is 5.81. The fourth-order valence-electron chi connectivity index (χ4n) is 2.18. The van der Waals surface area contributed by atoms with E-state index >= 15 is 0 Å². The van der Waals surface area contributed by atoms with Gasteiger partial charge in [0.2, 0.25) is 0 Å². The molecule has 1 atom stereocenters. The monoisotopic (exact) mass is 241 g/mol. The second-order valence-electron chi connectivity index (χ2n) is 4.38. The Kier molecular flexibility index (Phi) is 6.89. The first-order chi connectivity index (χ1) is 8.26. The molecule has 0 radical (unpaired) electrons. The van der Waals surface area contributed by atoms with Crippen LogP contribution in [0.15, 0.2) is 12.2 Å². The Morgan fingerprint density at radius 1 is 1.53 bits per heavy atom. The molecule has 1 saturated heterocycles. The van der Waals surface area contributed by atoms with Gasteiger partial charge in [-0.15, -0.1) is 0 Å². The standard InChI is InChI=1S/C13H23NO3/c1-3-17-13(15)7-5-9-14-8-4-6-12(10-14)11-16-2/h5,7,12H,3-4,6,8-11H2,1-2H3/b7-5+. The van der Waals surface area contributed by atoms with Crippen molar-refractivity contribution in [3.05, 3.63) is 12.2 Å². The van der Waals surface area contributed by atoms with Gasteiger partial charge in [-0.25, -0.2) is 4.79 Å². The van der Waals surface area contributed by atoms with Crippen molar-refractivity contribution >= 4 is 5.97 Å². The lowest BCUT2D eigenvalue weighted by molar-refractivity contribution is -0.137. The third kappa shape index (κ3) is 5.84. The van der Waals surface area contributed by atoms with Crippen molar-refractivity contribution in [2.75, 3.05) is 40.0 Å². The minimum atomic E-state index is -0.252. The zero-order valence-corrected chi connectivity index (χ0v) is 10.9. The van der Waals surface area contributed by atoms with Crippen LogP contribution in [-0.2, 0) is 14.3 Å². The van der Waals surface area contributed by atoms with Crippen molar-refractivity contribution in [1.82, 2.24) is 4.90 Å². The van der Waals surface area contributed by atoms with Crippen molar-refractivity contribution in [3.8, 4) is 0 Å². The number of likely N-dealkylation sites (tertiary alicyclic amines) is 1. The highest BCUT2D eigenvalue weighted by Gasteiger charge is 2.18. The van der Waals surface area contributed by atoms with Crippen LogP contribution in [0.2, 0.25) is 0 Å². The maximum atomic E-state index is 11.1. The maximum absolute atomic E-state index is 11.1. The van der Waals surface area contributed by atoms with Gasteiger partial charge in [0.25, 0.3) is 0 Å². The third-order valence-electron chi connectivity index (χ3n) is 2.91. The highest BCUT2D eigenvalue weighted by atomic mass is 16.5. The average Bonchev–Trinajstić information content (AvgIpc) is 2.30. The molecular formula is C13H23NO3. The van der Waals surface area contributed by atoms with Gasteiger partial charge in [-0.05, 0) is 32.2 Å². The van der Waals surface area contributed by atoms with E-state index in [4.69, 9.17) is 9.47 Å². The van der Waals surface area contributed by atoms with Crippen molar-refractivity contribution < 1.29 is 14.3 Å². The lowest BCUT2D eigenvalue weighted by Crippen LogP contribution is -2.37. The lowest BCUT2D eigenvalue weighted by Gasteiger charge is -2.31. The molecule has 17 heavy (non-hydrogen) atoms. The molecular weight excluding hydrogens is 218 g/mol. The molecule has 1 aliphatic heterocycles. The van der Waals surface area contributed by atoms with Crippen LogP contribution in [0.4, 0.5) is 0 Å². The van der Waals surface area contributed by atoms with Gasteiger partial charge in [-0.2, -0.15) is 0 Å². The number of carbonyl (C=O) groups is 1. The number of rotatable bonds is 6. The number of carbonyl (C=O) groups excluding carboxylic acids is 1. The summed E-state index contributed by atoms with van der Waals surface area (Å²) in [5.41, 5.74) is 0. The van der Waals surface area contributed by atoms with E-state index in [1.54, 1.807) is 7.11 Å². The Morgan fingerprint density at radius 2 is 2.35 bits per heavy atom. The van der Waals surface area contributed by atoms with Gasteiger partial charge >= 0.3 is 5.97 Å². The predicted octanol–water partition coefficient (Wildman–Crippen LogP) is 1.46. The molecule has 0 aromatic carbocycles. The average molecular weight is 241 g/mol. The van der Waals surface area contributed by atoms with Crippen molar-refractivity contribution in [2.24, 2.45) is 5.92 Å². The summed E-state index contributed by atoms with van der Waals surface area (Å²) < 4.78 is 10.0. The fraction of sp³-hybridized carbons (Fsp3) is 0.769. The second-order valence-corrected chi connectivity index (χ2v) is 4.38. The Morgan fingerprint density at radius 3 is 3.06 bits per heavy atom. The van der Waals surface area contributed by atoms with Gasteiger partial charge in [0.15, 0.2) is 0 Å². The van der Waals surface area contributed by atoms with Crippen LogP contribution in [0.5, 0.6) is 0 Å². The van der Waals surface area contributed by atoms with Gasteiger partial charge in [0, 0.05) is 26.3 Å². The van der Waals surface area contributed by atoms with Crippen LogP contribution in [0, 0.1) is 5.92 Å². The van der Waals surface area contributed by atoms with Gasteiger partial charge in [-0.1, -0.05) is 6.08 Å². The molecule has 1 unspecified atom stereocenters. The largest absolute Gasteiger partial charge is 0.463 e. The van der Waals surface area contributed by atoms with Crippen LogP contribution in [-0.4, -0.2) is 50.8 Å². The normalized spacial score (nSPS) is 21.9. The van der Waals surface area contributed by atoms with Crippen LogP contribution in [0.3, 0.4) is 0 Å². The number of methoxy groups -OCH3 is 1. The van der Waals surface area contributed by atoms with E-state index in [1.165, 1.54) is 18.9 Å². The van der Waals surface area contributed by atoms with Crippen LogP contribution < -0.4 is 0 Å². The zero-order chi connectivity index (χ0) is 12.5. The van der Waals surface area contributed by atoms with E-state index in [0.29, 0.717) is 12.5 Å². The van der Waals surface area contributed by atoms with E-state index < -0.39 is 0 Å². The van der Waals surface area contributed by atoms with Crippen LogP contribution in [0.1, 0.15) is 19.8 Å². The second kappa shape index (κ2) is 8.25. The summed E-state index contributed by atoms with van der Waals surface area (Å²) in [5, 5.41) is 0. The molecule has 4 heteroatoms. The van der Waals surface area contributed by atoms with Gasteiger partial charge in [0.05, 0.1) is 13.2 Å². The molecule has 0 spiro atoms. The molecule has 0 N–H and O–H groups in total. The fourth-order valence-corrected chi connectivity index (χ4v) is 2.18. The summed E-state index contributed by atoms with van der Waals surface area (Å²) in [5.74, 6) is 0.377. The number of ether oxygens (including phenoxy) is 2. The Balaban J connectivity index is 2.24. The minimum Gasteiger partial charge on any atom is -0.463 e. The first kappa shape index (κ1) is 14.2. The number of esters is 1. The molecule has 0 aromatic heterocycles. The molecule has 0 bridgehead atoms. The highest BCUT2D eigenvalue weighted by Crippen LogP contribution is 2.16. The predicted molar refractivity (Wildman–Crippen MR) is 66.8 cm³/mol. The van der Waals surface area contributed by atoms with Gasteiger partial charge in [-0.3, -0.25) is 4.90 Å². The summed E-state index contributed by atoms with van der Waals surface area (Å²) in [6, 6.07) is 0. The molecule has 0 saturated carbocycles. The maximum Gasteiger partial charge on any atom is 0.330 e. The number of hydrogen-bond donors (Lipinski definition) is 0. The van der Waals surface area contributed by atoms with E-state index in [-0.39, 0.29) is 5.97 Å². The molecule has 0 aromatic rings. The van der Waals surface area contributed by atoms with Crippen LogP contribution >= 0.6 is 0 Å². The number of piperidine rings is 1. The van der Waals surface area contributed by atoms with E-state index in [9.17, 15) is 4.79 Å². The van der Waals surface area contributed by atoms with Crippen molar-refractivity contribution in [2.45, 2.75) is 19.8 Å². The molecule has 4 nitrogen and oxygen atoms in total. The summed E-state index contributed by atoms with van der Waals surface area (Å²) in [7, 11) is 1.75. The summed E-state index contributed by atoms with van der Waals surface area (Å²) in [6.45, 7) is 6.06. The molecule has 98 valence electrons. The number of nitrogens with zero attached hydrogens (tertiary/aromatic N) is 1. The first-order valence-corrected chi connectivity index (χ1v) is 6.30. The molecule has 1 fully saturated rings. The molecule has 0 amide bonds. The van der Waals surface area contributed by atoms with Crippen molar-refractivity contribution in [3.63, 3.8) is 0 Å². The topological polar surface area (TPSA) is 38.8 Å². The van der Waals surface area contributed by atoms with Gasteiger partial charge < -0.3 is 9.47 Å². The van der Waals surface area contributed by atoms with E-state index in [1.807, 2.05) is 13.0 Å². The summed E-state index contributed by atoms with van der Waals surface area (Å²) >= 11 is 0. The zero-order valence-electron chi connectivity index (χ0n) is 10.9. The van der Waals surface area contributed by atoms with Crippen LogP contribution in [0.25, 0.3) is 0 Å². The SMILES string of the molecule is CCOC(=O)/C=C/CN1CCCC(COC)C1. The minimum absolute atomic E-state index is 0.252. The van der Waals surface area contributed by atoms with Crippen molar-refractivity contribution in [1.29, 1.82) is 0 Å². The smallest absolute Gasteiger partial charge is 0.330 e. The molecule has 1 rings (SSSR count). The summed E-state index contributed by atoms with van der Waals surface area (Å²) in [6.07, 6.45) is 5.85. The lowest BCUT2D eigenvalue weighted by atomic mass is 9.99. The summed E-state index contributed by atoms with van der Waals surface area (Å²) in [4.78, 5) is 13.5.